The zero-order valence-corrected chi connectivity index (χ0v) is 22.0. The van der Waals surface area contributed by atoms with Crippen LogP contribution in [0, 0.1) is 17.2 Å². The summed E-state index contributed by atoms with van der Waals surface area (Å²) in [5.41, 5.74) is 1.66. The first-order chi connectivity index (χ1) is 17.4. The number of carbonyl (C=O) groups is 1. The number of ether oxygens (including phenoxy) is 1. The third-order valence-corrected chi connectivity index (χ3v) is 8.56. The van der Waals surface area contributed by atoms with Gasteiger partial charge >= 0.3 is 0 Å². The lowest BCUT2D eigenvalue weighted by Gasteiger charge is -2.54. The number of nitriles is 1. The van der Waals surface area contributed by atoms with Crippen LogP contribution < -0.4 is 9.64 Å². The first-order valence-corrected chi connectivity index (χ1v) is 12.8. The third-order valence-electron chi connectivity index (χ3n) is 8.56. The molecule has 2 aliphatic rings. The largest absolute Gasteiger partial charge is 0.479 e. The summed E-state index contributed by atoms with van der Waals surface area (Å²) in [5, 5.41) is 9.20. The van der Waals surface area contributed by atoms with Crippen LogP contribution in [0.3, 0.4) is 0 Å². The number of likely N-dealkylation sites (N-methyl/N-ethyl adjacent to an activating group) is 1. The van der Waals surface area contributed by atoms with E-state index in [9.17, 15) is 10.1 Å². The standard InChI is InChI=1S/C28H38N6O2/c1-32(2)28(23-11-6-5-7-12-23)15-13-27(14-16-28,34(21-35)19-22-9-8-10-22)20-33(3)24-18-30-25(17-29)31-26(24)36-4/h5-7,11-12,18,21-22H,8-10,13-16,19-20H2,1-4H3. The maximum absolute atomic E-state index is 12.6. The molecule has 4 rings (SSSR count). The molecule has 1 heterocycles. The fourth-order valence-corrected chi connectivity index (χ4v) is 6.06. The molecule has 1 amide bonds. The average Bonchev–Trinajstić information content (AvgIpc) is 2.88. The number of nitrogens with zero attached hydrogens (tertiary/aromatic N) is 6. The van der Waals surface area contributed by atoms with Gasteiger partial charge in [-0.2, -0.15) is 10.2 Å². The summed E-state index contributed by atoms with van der Waals surface area (Å²) >= 11 is 0. The Kier molecular flexibility index (Phi) is 7.79. The second kappa shape index (κ2) is 10.8. The molecule has 0 saturated heterocycles. The van der Waals surface area contributed by atoms with Crippen molar-refractivity contribution < 1.29 is 9.53 Å². The van der Waals surface area contributed by atoms with Crippen LogP contribution in [-0.2, 0) is 10.3 Å². The molecule has 8 heteroatoms. The van der Waals surface area contributed by atoms with Crippen molar-refractivity contribution in [3.63, 3.8) is 0 Å². The molecule has 2 fully saturated rings. The predicted octanol–water partition coefficient (Wildman–Crippen LogP) is 3.82. The topological polar surface area (TPSA) is 85.6 Å². The molecule has 36 heavy (non-hydrogen) atoms. The molecule has 0 N–H and O–H groups in total. The summed E-state index contributed by atoms with van der Waals surface area (Å²) in [6.45, 7) is 1.45. The van der Waals surface area contributed by atoms with E-state index in [0.717, 1.165) is 44.3 Å². The minimum atomic E-state index is -0.320. The van der Waals surface area contributed by atoms with Crippen molar-refractivity contribution in [1.82, 2.24) is 19.8 Å². The summed E-state index contributed by atoms with van der Waals surface area (Å²) in [7, 11) is 7.87. The Bertz CT molecular complexity index is 1070. The van der Waals surface area contributed by atoms with E-state index < -0.39 is 0 Å². The highest BCUT2D eigenvalue weighted by Crippen LogP contribution is 2.47. The van der Waals surface area contributed by atoms with Gasteiger partial charge in [-0.05, 0) is 64.1 Å². The quantitative estimate of drug-likeness (QED) is 0.468. The van der Waals surface area contributed by atoms with E-state index in [1.54, 1.807) is 13.3 Å². The SMILES string of the molecule is COc1nc(C#N)ncc1N(C)CC1(N(C=O)CC2CCC2)CCC(c2ccccc2)(N(C)C)CC1. The lowest BCUT2D eigenvalue weighted by Crippen LogP contribution is -2.61. The normalized spacial score (nSPS) is 24.0. The maximum Gasteiger partial charge on any atom is 0.241 e. The molecule has 0 aliphatic heterocycles. The van der Waals surface area contributed by atoms with Crippen molar-refractivity contribution in [2.75, 3.05) is 46.2 Å². The number of rotatable bonds is 10. The number of hydrogen-bond donors (Lipinski definition) is 0. The Morgan fingerprint density at radius 1 is 1.14 bits per heavy atom. The Morgan fingerprint density at radius 2 is 1.83 bits per heavy atom. The van der Waals surface area contributed by atoms with Crippen LogP contribution in [0.1, 0.15) is 56.3 Å². The molecule has 0 bridgehead atoms. The van der Waals surface area contributed by atoms with Gasteiger partial charge in [-0.3, -0.25) is 9.69 Å². The molecule has 2 saturated carbocycles. The van der Waals surface area contributed by atoms with E-state index in [2.05, 4.69) is 69.1 Å². The third kappa shape index (κ3) is 4.90. The van der Waals surface area contributed by atoms with Crippen LogP contribution in [0.15, 0.2) is 36.5 Å². The molecule has 0 atom stereocenters. The van der Waals surface area contributed by atoms with E-state index in [1.807, 2.05) is 13.1 Å². The highest BCUT2D eigenvalue weighted by atomic mass is 16.5. The molecule has 192 valence electrons. The van der Waals surface area contributed by atoms with E-state index >= 15 is 0 Å². The second-order valence-electron chi connectivity index (χ2n) is 10.6. The van der Waals surface area contributed by atoms with E-state index in [-0.39, 0.29) is 16.9 Å². The average molecular weight is 491 g/mol. The van der Waals surface area contributed by atoms with Gasteiger partial charge in [-0.1, -0.05) is 36.8 Å². The van der Waals surface area contributed by atoms with Gasteiger partial charge in [0.05, 0.1) is 18.8 Å². The molecule has 0 unspecified atom stereocenters. The smallest absolute Gasteiger partial charge is 0.241 e. The zero-order chi connectivity index (χ0) is 25.8. The number of aromatic nitrogens is 2. The number of anilines is 1. The van der Waals surface area contributed by atoms with Crippen LogP contribution in [-0.4, -0.2) is 73.1 Å². The molecule has 0 radical (unpaired) electrons. The van der Waals surface area contributed by atoms with Gasteiger partial charge in [0.1, 0.15) is 11.8 Å². The number of hydrogen-bond acceptors (Lipinski definition) is 7. The van der Waals surface area contributed by atoms with E-state index in [4.69, 9.17) is 4.74 Å². The predicted molar refractivity (Wildman–Crippen MR) is 140 cm³/mol. The number of benzene rings is 1. The van der Waals surface area contributed by atoms with Crippen LogP contribution in [0.4, 0.5) is 5.69 Å². The molecule has 2 aliphatic carbocycles. The summed E-state index contributed by atoms with van der Waals surface area (Å²) in [6, 6.07) is 12.7. The summed E-state index contributed by atoms with van der Waals surface area (Å²) < 4.78 is 5.50. The van der Waals surface area contributed by atoms with Gasteiger partial charge in [0, 0.05) is 25.7 Å². The van der Waals surface area contributed by atoms with Crippen LogP contribution in [0.25, 0.3) is 0 Å². The van der Waals surface area contributed by atoms with Gasteiger partial charge < -0.3 is 14.5 Å². The van der Waals surface area contributed by atoms with Gasteiger partial charge in [0.25, 0.3) is 0 Å². The zero-order valence-electron chi connectivity index (χ0n) is 22.0. The minimum Gasteiger partial charge on any atom is -0.479 e. The number of amides is 1. The monoisotopic (exact) mass is 490 g/mol. The first-order valence-electron chi connectivity index (χ1n) is 12.8. The number of methoxy groups -OCH3 is 1. The first kappa shape index (κ1) is 25.9. The van der Waals surface area contributed by atoms with Crippen molar-refractivity contribution in [3.8, 4) is 11.9 Å². The molecule has 0 spiro atoms. The lowest BCUT2D eigenvalue weighted by atomic mass is 9.67. The minimum absolute atomic E-state index is 0.0659. The fraction of sp³-hybridized carbons (Fsp3) is 0.571. The van der Waals surface area contributed by atoms with Gasteiger partial charge in [-0.15, -0.1) is 0 Å². The Hall–Kier alpha value is -3.18. The maximum atomic E-state index is 12.6. The van der Waals surface area contributed by atoms with Crippen molar-refractivity contribution in [3.05, 3.63) is 47.9 Å². The van der Waals surface area contributed by atoms with Gasteiger partial charge in [-0.25, -0.2) is 4.98 Å². The summed E-state index contributed by atoms with van der Waals surface area (Å²) in [4.78, 5) is 27.5. The highest BCUT2D eigenvalue weighted by molar-refractivity contribution is 5.55. The summed E-state index contributed by atoms with van der Waals surface area (Å²) in [5.74, 6) is 1.04. The molecular formula is C28H38N6O2. The van der Waals surface area contributed by atoms with Crippen LogP contribution >= 0.6 is 0 Å². The molecule has 2 aromatic rings. The Morgan fingerprint density at radius 3 is 2.36 bits per heavy atom. The van der Waals surface area contributed by atoms with Gasteiger partial charge in [0.2, 0.25) is 18.1 Å². The molecule has 8 nitrogen and oxygen atoms in total. The molecule has 1 aromatic carbocycles. The molecular weight excluding hydrogens is 452 g/mol. The Balaban J connectivity index is 1.65. The van der Waals surface area contributed by atoms with Crippen molar-refractivity contribution in [2.45, 2.75) is 56.0 Å². The van der Waals surface area contributed by atoms with Crippen LogP contribution in [0.2, 0.25) is 0 Å². The van der Waals surface area contributed by atoms with E-state index in [1.165, 1.54) is 24.8 Å². The lowest BCUT2D eigenvalue weighted by molar-refractivity contribution is -0.128. The Labute approximate surface area is 214 Å². The van der Waals surface area contributed by atoms with Gasteiger partial charge in [0.15, 0.2) is 0 Å². The van der Waals surface area contributed by atoms with E-state index in [0.29, 0.717) is 18.3 Å². The van der Waals surface area contributed by atoms with Crippen molar-refractivity contribution in [2.24, 2.45) is 5.92 Å². The van der Waals surface area contributed by atoms with Crippen LogP contribution in [0.5, 0.6) is 5.88 Å². The molecule has 1 aromatic heterocycles. The van der Waals surface area contributed by atoms with Crippen molar-refractivity contribution >= 4 is 12.1 Å². The fourth-order valence-electron chi connectivity index (χ4n) is 6.06. The van der Waals surface area contributed by atoms with Crippen molar-refractivity contribution in [1.29, 1.82) is 5.26 Å². The second-order valence-corrected chi connectivity index (χ2v) is 10.6. The highest BCUT2D eigenvalue weighted by Gasteiger charge is 2.48. The summed E-state index contributed by atoms with van der Waals surface area (Å²) in [6.07, 6.45) is 10.0. The number of carbonyl (C=O) groups excluding carboxylic acids is 1.